The molecule has 3 rings (SSSR count). The van der Waals surface area contributed by atoms with E-state index in [-0.39, 0.29) is 17.4 Å². The standard InChI is InChI=1S/C19H18ClN7O2/c1-11(28)24-14-5-7-15(8-6-14)25-17-16(21)18(23-10-22-17)26-27-19(29)12-3-2-4-13(20)9-12/h2-10H,21H2,1H3,(H,24,28)(H,27,29)(H2,22,23,25,26). The zero-order chi connectivity index (χ0) is 20.8. The fraction of sp³-hybridized carbons (Fsp3) is 0.0526. The van der Waals surface area contributed by atoms with Crippen LogP contribution in [0.4, 0.5) is 28.7 Å². The van der Waals surface area contributed by atoms with E-state index in [4.69, 9.17) is 17.3 Å². The molecule has 3 aromatic rings. The fourth-order valence-corrected chi connectivity index (χ4v) is 2.58. The Balaban J connectivity index is 1.67. The van der Waals surface area contributed by atoms with E-state index in [1.807, 2.05) is 0 Å². The molecule has 0 radical (unpaired) electrons. The Morgan fingerprint density at radius 1 is 1.00 bits per heavy atom. The van der Waals surface area contributed by atoms with E-state index in [1.54, 1.807) is 48.5 Å². The smallest absolute Gasteiger partial charge is 0.269 e. The number of nitrogens with zero attached hydrogens (tertiary/aromatic N) is 2. The zero-order valence-corrected chi connectivity index (χ0v) is 16.1. The summed E-state index contributed by atoms with van der Waals surface area (Å²) in [5, 5.41) is 6.20. The number of carbonyl (C=O) groups is 2. The van der Waals surface area contributed by atoms with E-state index in [0.717, 1.165) is 0 Å². The van der Waals surface area contributed by atoms with Gasteiger partial charge in [-0.2, -0.15) is 0 Å². The molecule has 10 heteroatoms. The van der Waals surface area contributed by atoms with Gasteiger partial charge in [-0.05, 0) is 42.5 Å². The van der Waals surface area contributed by atoms with Crippen molar-refractivity contribution in [3.05, 3.63) is 65.4 Å². The number of nitrogens with one attached hydrogen (secondary N) is 4. The highest BCUT2D eigenvalue weighted by molar-refractivity contribution is 6.31. The summed E-state index contributed by atoms with van der Waals surface area (Å²) < 4.78 is 0. The maximum Gasteiger partial charge on any atom is 0.269 e. The third-order valence-corrected chi connectivity index (χ3v) is 3.97. The fourth-order valence-electron chi connectivity index (χ4n) is 2.39. The van der Waals surface area contributed by atoms with Crippen molar-refractivity contribution in [1.29, 1.82) is 0 Å². The largest absolute Gasteiger partial charge is 0.393 e. The maximum atomic E-state index is 12.2. The summed E-state index contributed by atoms with van der Waals surface area (Å²) in [5.74, 6) is 0.0365. The molecule has 6 N–H and O–H groups in total. The summed E-state index contributed by atoms with van der Waals surface area (Å²) in [6, 6.07) is 13.5. The van der Waals surface area contributed by atoms with Gasteiger partial charge >= 0.3 is 0 Å². The number of nitrogen functional groups attached to an aromatic ring is 1. The molecule has 0 aliphatic heterocycles. The van der Waals surface area contributed by atoms with E-state index in [1.165, 1.54) is 13.3 Å². The number of aromatic nitrogens is 2. The first kappa shape index (κ1) is 19.9. The van der Waals surface area contributed by atoms with Crippen molar-refractivity contribution in [2.24, 2.45) is 0 Å². The van der Waals surface area contributed by atoms with Gasteiger partial charge in [0, 0.05) is 28.9 Å². The zero-order valence-electron chi connectivity index (χ0n) is 15.4. The van der Waals surface area contributed by atoms with Crippen LogP contribution in [0.5, 0.6) is 0 Å². The highest BCUT2D eigenvalue weighted by Crippen LogP contribution is 2.26. The second-order valence-electron chi connectivity index (χ2n) is 5.96. The highest BCUT2D eigenvalue weighted by atomic mass is 35.5. The first-order chi connectivity index (χ1) is 13.9. The van der Waals surface area contributed by atoms with Crippen molar-refractivity contribution in [2.45, 2.75) is 6.92 Å². The molecule has 9 nitrogen and oxygen atoms in total. The topological polar surface area (TPSA) is 134 Å². The van der Waals surface area contributed by atoms with Crippen molar-refractivity contribution in [3.8, 4) is 0 Å². The Morgan fingerprint density at radius 2 is 1.69 bits per heavy atom. The lowest BCUT2D eigenvalue weighted by Crippen LogP contribution is -2.30. The van der Waals surface area contributed by atoms with Crippen LogP contribution in [0.25, 0.3) is 0 Å². The Bertz CT molecular complexity index is 1040. The molecule has 29 heavy (non-hydrogen) atoms. The van der Waals surface area contributed by atoms with Crippen LogP contribution < -0.4 is 27.2 Å². The SMILES string of the molecule is CC(=O)Nc1ccc(Nc2ncnc(NNC(=O)c3cccc(Cl)c3)c2N)cc1. The predicted octanol–water partition coefficient (Wildman–Crippen LogP) is 3.17. The number of halogens is 1. The lowest BCUT2D eigenvalue weighted by molar-refractivity contribution is -0.114. The molecule has 0 aliphatic rings. The number of nitrogens with two attached hydrogens (primary N) is 1. The third kappa shape index (κ3) is 5.33. The van der Waals surface area contributed by atoms with Crippen LogP contribution in [0.1, 0.15) is 17.3 Å². The minimum Gasteiger partial charge on any atom is -0.393 e. The molecular weight excluding hydrogens is 394 g/mol. The average Bonchev–Trinajstić information content (AvgIpc) is 2.69. The quantitative estimate of drug-likeness (QED) is 0.393. The molecule has 148 valence electrons. The van der Waals surface area contributed by atoms with Crippen molar-refractivity contribution in [3.63, 3.8) is 0 Å². The number of rotatable bonds is 6. The Kier molecular flexibility index (Phi) is 6.10. The lowest BCUT2D eigenvalue weighted by atomic mass is 10.2. The summed E-state index contributed by atoms with van der Waals surface area (Å²) in [6.45, 7) is 1.44. The minimum absolute atomic E-state index is 0.152. The number of anilines is 5. The molecule has 2 amide bonds. The monoisotopic (exact) mass is 411 g/mol. The predicted molar refractivity (Wildman–Crippen MR) is 113 cm³/mol. The average molecular weight is 412 g/mol. The molecule has 0 saturated heterocycles. The van der Waals surface area contributed by atoms with Crippen LogP contribution in [0.2, 0.25) is 5.02 Å². The van der Waals surface area contributed by atoms with E-state index in [2.05, 4.69) is 31.5 Å². The molecule has 2 aromatic carbocycles. The van der Waals surface area contributed by atoms with Crippen LogP contribution in [-0.2, 0) is 4.79 Å². The van der Waals surface area contributed by atoms with Gasteiger partial charge < -0.3 is 16.4 Å². The van der Waals surface area contributed by atoms with Gasteiger partial charge in [-0.25, -0.2) is 9.97 Å². The molecular formula is C19H18ClN7O2. The van der Waals surface area contributed by atoms with Crippen LogP contribution in [0, 0.1) is 0 Å². The molecule has 1 heterocycles. The van der Waals surface area contributed by atoms with Crippen LogP contribution in [0.15, 0.2) is 54.9 Å². The molecule has 0 unspecified atom stereocenters. The van der Waals surface area contributed by atoms with Gasteiger partial charge in [-0.15, -0.1) is 0 Å². The van der Waals surface area contributed by atoms with Gasteiger partial charge in [0.25, 0.3) is 5.91 Å². The van der Waals surface area contributed by atoms with Gasteiger partial charge in [0.1, 0.15) is 12.0 Å². The molecule has 0 bridgehead atoms. The molecule has 0 aliphatic carbocycles. The third-order valence-electron chi connectivity index (χ3n) is 3.73. The number of benzene rings is 2. The van der Waals surface area contributed by atoms with Crippen molar-refractivity contribution < 1.29 is 9.59 Å². The van der Waals surface area contributed by atoms with Gasteiger partial charge in [0.2, 0.25) is 5.91 Å². The lowest BCUT2D eigenvalue weighted by Gasteiger charge is -2.13. The summed E-state index contributed by atoms with van der Waals surface area (Å²) in [7, 11) is 0. The van der Waals surface area contributed by atoms with Crippen molar-refractivity contribution in [1.82, 2.24) is 15.4 Å². The van der Waals surface area contributed by atoms with Gasteiger partial charge in [0.05, 0.1) is 0 Å². The second kappa shape index (κ2) is 8.89. The van der Waals surface area contributed by atoms with Crippen molar-refractivity contribution >= 4 is 52.1 Å². The summed E-state index contributed by atoms with van der Waals surface area (Å²) in [6.07, 6.45) is 1.30. The van der Waals surface area contributed by atoms with Crippen LogP contribution in [0.3, 0.4) is 0 Å². The number of hydrogen-bond acceptors (Lipinski definition) is 7. The number of hydrogen-bond donors (Lipinski definition) is 5. The van der Waals surface area contributed by atoms with Crippen molar-refractivity contribution in [2.75, 3.05) is 21.8 Å². The van der Waals surface area contributed by atoms with Gasteiger partial charge in [-0.3, -0.25) is 20.4 Å². The van der Waals surface area contributed by atoms with E-state index < -0.39 is 5.91 Å². The normalized spacial score (nSPS) is 10.1. The molecule has 1 aromatic heterocycles. The summed E-state index contributed by atoms with van der Waals surface area (Å²) in [4.78, 5) is 31.4. The van der Waals surface area contributed by atoms with Crippen LogP contribution >= 0.6 is 11.6 Å². The Morgan fingerprint density at radius 3 is 2.38 bits per heavy atom. The Labute approximate surface area is 171 Å². The first-order valence-corrected chi connectivity index (χ1v) is 8.87. The van der Waals surface area contributed by atoms with Crippen LogP contribution in [-0.4, -0.2) is 21.8 Å². The van der Waals surface area contributed by atoms with Gasteiger partial charge in [0.15, 0.2) is 11.6 Å². The molecule has 0 fully saturated rings. The minimum atomic E-state index is -0.395. The number of carbonyl (C=O) groups excluding carboxylic acids is 2. The van der Waals surface area contributed by atoms with Gasteiger partial charge in [-0.1, -0.05) is 17.7 Å². The van der Waals surface area contributed by atoms with E-state index >= 15 is 0 Å². The van der Waals surface area contributed by atoms with E-state index in [9.17, 15) is 9.59 Å². The first-order valence-electron chi connectivity index (χ1n) is 8.49. The van der Waals surface area contributed by atoms with E-state index in [0.29, 0.717) is 27.8 Å². The Hall–Kier alpha value is -3.85. The molecule has 0 spiro atoms. The second-order valence-corrected chi connectivity index (χ2v) is 6.39. The maximum absolute atomic E-state index is 12.2. The summed E-state index contributed by atoms with van der Waals surface area (Å²) in [5.41, 5.74) is 13.3. The summed E-state index contributed by atoms with van der Waals surface area (Å²) >= 11 is 5.89. The molecule has 0 saturated carbocycles. The number of hydrazine groups is 1. The highest BCUT2D eigenvalue weighted by Gasteiger charge is 2.11. The molecule has 0 atom stereocenters. The number of amides is 2.